The fraction of sp³-hybridized carbons (Fsp3) is 0.417. The number of hydrogen-bond donors (Lipinski definition) is 0. The van der Waals surface area contributed by atoms with Crippen LogP contribution in [0.2, 0.25) is 0 Å². The highest BCUT2D eigenvalue weighted by Crippen LogP contribution is 2.23. The van der Waals surface area contributed by atoms with Crippen LogP contribution in [0.25, 0.3) is 0 Å². The van der Waals surface area contributed by atoms with Gasteiger partial charge in [-0.2, -0.15) is 5.26 Å². The fourth-order valence-electron chi connectivity index (χ4n) is 1.47. The topological polar surface area (TPSA) is 27.0 Å². The predicted octanol–water partition coefficient (Wildman–Crippen LogP) is 3.32. The Morgan fingerprint density at radius 3 is 2.73 bits per heavy atom. The van der Waals surface area contributed by atoms with Crippen molar-refractivity contribution in [3.8, 4) is 6.07 Å². The van der Waals surface area contributed by atoms with Crippen molar-refractivity contribution in [3.05, 3.63) is 29.8 Å². The molecule has 0 spiro atoms. The van der Waals surface area contributed by atoms with Crippen molar-refractivity contribution in [2.45, 2.75) is 24.7 Å². The summed E-state index contributed by atoms with van der Waals surface area (Å²) < 4.78 is 0. The first-order valence-electron chi connectivity index (χ1n) is 4.94. The minimum atomic E-state index is 0.246. The molecule has 0 aromatic heterocycles. The van der Waals surface area contributed by atoms with E-state index in [2.05, 4.69) is 46.0 Å². The third-order valence-corrected chi connectivity index (χ3v) is 3.17. The molecule has 0 amide bonds. The zero-order valence-electron chi connectivity index (χ0n) is 9.07. The molecule has 1 atom stereocenters. The number of nitriles is 1. The van der Waals surface area contributed by atoms with Crippen LogP contribution in [0, 0.1) is 11.3 Å². The number of hydrogen-bond acceptors (Lipinski definition) is 2. The maximum absolute atomic E-state index is 8.67. The Morgan fingerprint density at radius 2 is 2.13 bits per heavy atom. The van der Waals surface area contributed by atoms with Crippen LogP contribution >= 0.6 is 15.9 Å². The Labute approximate surface area is 99.6 Å². The largest absolute Gasteiger partial charge is 0.371 e. The van der Waals surface area contributed by atoms with Gasteiger partial charge in [0.15, 0.2) is 0 Å². The van der Waals surface area contributed by atoms with Crippen LogP contribution in [0.5, 0.6) is 0 Å². The van der Waals surface area contributed by atoms with E-state index in [1.807, 2.05) is 19.2 Å². The van der Waals surface area contributed by atoms with E-state index in [1.54, 1.807) is 0 Å². The van der Waals surface area contributed by atoms with Gasteiger partial charge in [-0.3, -0.25) is 0 Å². The van der Waals surface area contributed by atoms with E-state index in [-0.39, 0.29) is 6.04 Å². The van der Waals surface area contributed by atoms with E-state index >= 15 is 0 Å². The van der Waals surface area contributed by atoms with Crippen LogP contribution < -0.4 is 4.90 Å². The van der Waals surface area contributed by atoms with Gasteiger partial charge in [0.25, 0.3) is 0 Å². The second-order valence-electron chi connectivity index (χ2n) is 3.58. The number of benzene rings is 1. The van der Waals surface area contributed by atoms with Crippen LogP contribution in [0.4, 0.5) is 5.69 Å². The molecule has 0 heterocycles. The molecular formula is C12H15BrN2. The zero-order chi connectivity index (χ0) is 11.3. The minimum absolute atomic E-state index is 0.246. The van der Waals surface area contributed by atoms with Crippen molar-refractivity contribution in [2.24, 2.45) is 0 Å². The van der Waals surface area contributed by atoms with E-state index < -0.39 is 0 Å². The maximum Gasteiger partial charge on any atom is 0.0643 e. The lowest BCUT2D eigenvalue weighted by molar-refractivity contribution is 0.701. The summed E-state index contributed by atoms with van der Waals surface area (Å²) in [6.07, 6.45) is 0.549. The SMILES string of the molecule is CC(CC#N)N(C)c1ccccc1CBr. The van der Waals surface area contributed by atoms with Crippen molar-refractivity contribution in [3.63, 3.8) is 0 Å². The molecule has 0 N–H and O–H groups in total. The summed E-state index contributed by atoms with van der Waals surface area (Å²) in [6, 6.07) is 10.7. The maximum atomic E-state index is 8.67. The second kappa shape index (κ2) is 5.77. The summed E-state index contributed by atoms with van der Waals surface area (Å²) in [5, 5.41) is 9.51. The number of nitrogens with zero attached hydrogens (tertiary/aromatic N) is 2. The van der Waals surface area contributed by atoms with Crippen LogP contribution in [0.1, 0.15) is 18.9 Å². The summed E-state index contributed by atoms with van der Waals surface area (Å²) in [6.45, 7) is 2.06. The van der Waals surface area contributed by atoms with Crippen LogP contribution in [0.3, 0.4) is 0 Å². The molecule has 0 aliphatic carbocycles. The summed E-state index contributed by atoms with van der Waals surface area (Å²) in [7, 11) is 2.03. The monoisotopic (exact) mass is 266 g/mol. The van der Waals surface area contributed by atoms with Gasteiger partial charge in [-0.25, -0.2) is 0 Å². The Morgan fingerprint density at radius 1 is 1.47 bits per heavy atom. The molecule has 0 fully saturated rings. The molecule has 1 aromatic carbocycles. The minimum Gasteiger partial charge on any atom is -0.371 e. The molecule has 80 valence electrons. The van der Waals surface area contributed by atoms with Gasteiger partial charge in [-0.1, -0.05) is 34.1 Å². The lowest BCUT2D eigenvalue weighted by atomic mass is 10.1. The number of anilines is 1. The highest BCUT2D eigenvalue weighted by molar-refractivity contribution is 9.08. The standard InChI is InChI=1S/C12H15BrN2/c1-10(7-8-14)15(2)12-6-4-3-5-11(12)9-13/h3-6,10H,7,9H2,1-2H3. The molecule has 1 unspecified atom stereocenters. The van der Waals surface area contributed by atoms with Crippen molar-refractivity contribution in [1.82, 2.24) is 0 Å². The molecule has 0 radical (unpaired) electrons. The number of halogens is 1. The molecule has 0 saturated heterocycles. The predicted molar refractivity (Wildman–Crippen MR) is 67.2 cm³/mol. The second-order valence-corrected chi connectivity index (χ2v) is 4.15. The average molecular weight is 267 g/mol. The van der Waals surface area contributed by atoms with E-state index in [4.69, 9.17) is 5.26 Å². The highest BCUT2D eigenvalue weighted by Gasteiger charge is 2.11. The highest BCUT2D eigenvalue weighted by atomic mass is 79.9. The van der Waals surface area contributed by atoms with Crippen molar-refractivity contribution >= 4 is 21.6 Å². The van der Waals surface area contributed by atoms with Gasteiger partial charge < -0.3 is 4.90 Å². The lowest BCUT2D eigenvalue weighted by Crippen LogP contribution is -2.29. The van der Waals surface area contributed by atoms with E-state index in [9.17, 15) is 0 Å². The number of alkyl halides is 1. The van der Waals surface area contributed by atoms with Gasteiger partial charge in [0, 0.05) is 24.1 Å². The first kappa shape index (κ1) is 12.1. The quantitative estimate of drug-likeness (QED) is 0.782. The van der Waals surface area contributed by atoms with Gasteiger partial charge >= 0.3 is 0 Å². The van der Waals surface area contributed by atoms with Crippen LogP contribution in [-0.4, -0.2) is 13.1 Å². The number of rotatable bonds is 4. The molecule has 1 aromatic rings. The van der Waals surface area contributed by atoms with Gasteiger partial charge in [-0.15, -0.1) is 0 Å². The van der Waals surface area contributed by atoms with Crippen molar-refractivity contribution in [2.75, 3.05) is 11.9 Å². The van der Waals surface area contributed by atoms with Crippen LogP contribution in [0.15, 0.2) is 24.3 Å². The molecule has 15 heavy (non-hydrogen) atoms. The Kier molecular flexibility index (Phi) is 4.64. The fourth-order valence-corrected chi connectivity index (χ4v) is 1.95. The summed E-state index contributed by atoms with van der Waals surface area (Å²) in [5.74, 6) is 0. The van der Waals surface area contributed by atoms with Crippen molar-refractivity contribution < 1.29 is 0 Å². The van der Waals surface area contributed by atoms with Gasteiger partial charge in [0.05, 0.1) is 12.5 Å². The van der Waals surface area contributed by atoms with Gasteiger partial charge in [0.2, 0.25) is 0 Å². The summed E-state index contributed by atoms with van der Waals surface area (Å²) >= 11 is 3.47. The smallest absolute Gasteiger partial charge is 0.0643 e. The normalized spacial score (nSPS) is 11.9. The van der Waals surface area contributed by atoms with Crippen molar-refractivity contribution in [1.29, 1.82) is 5.26 Å². The van der Waals surface area contributed by atoms with Gasteiger partial charge in [-0.05, 0) is 18.6 Å². The molecule has 3 heteroatoms. The molecular weight excluding hydrogens is 252 g/mol. The zero-order valence-corrected chi connectivity index (χ0v) is 10.7. The Hall–Kier alpha value is -1.01. The average Bonchev–Trinajstić information content (AvgIpc) is 2.28. The summed E-state index contributed by atoms with van der Waals surface area (Å²) in [4.78, 5) is 2.15. The van der Waals surface area contributed by atoms with Gasteiger partial charge in [0.1, 0.15) is 0 Å². The van der Waals surface area contributed by atoms with Crippen LogP contribution in [-0.2, 0) is 5.33 Å². The first-order valence-corrected chi connectivity index (χ1v) is 6.06. The third-order valence-electron chi connectivity index (χ3n) is 2.56. The molecule has 0 aliphatic heterocycles. The third kappa shape index (κ3) is 2.97. The molecule has 0 bridgehead atoms. The number of para-hydroxylation sites is 1. The first-order chi connectivity index (χ1) is 7.20. The molecule has 1 rings (SSSR count). The lowest BCUT2D eigenvalue weighted by Gasteiger charge is -2.27. The molecule has 0 aliphatic rings. The Balaban J connectivity index is 2.90. The van der Waals surface area contributed by atoms with E-state index in [0.29, 0.717) is 6.42 Å². The Bertz CT molecular complexity index is 357. The molecule has 0 saturated carbocycles. The van der Waals surface area contributed by atoms with E-state index in [0.717, 1.165) is 5.33 Å². The summed E-state index contributed by atoms with van der Waals surface area (Å²) in [5.41, 5.74) is 2.45. The van der Waals surface area contributed by atoms with E-state index in [1.165, 1.54) is 11.3 Å². The molecule has 2 nitrogen and oxygen atoms in total.